The highest BCUT2D eigenvalue weighted by atomic mass is 35.5. The van der Waals surface area contributed by atoms with E-state index >= 15 is 0 Å². The van der Waals surface area contributed by atoms with E-state index in [1.807, 2.05) is 31.3 Å². The number of benzene rings is 1. The summed E-state index contributed by atoms with van der Waals surface area (Å²) < 4.78 is 17.2. The number of rotatable bonds is 4. The van der Waals surface area contributed by atoms with Crippen molar-refractivity contribution in [2.24, 2.45) is 4.99 Å². The van der Waals surface area contributed by atoms with Gasteiger partial charge in [0.1, 0.15) is 24.1 Å². The molecule has 0 aliphatic carbocycles. The minimum Gasteiger partial charge on any atom is -0.456 e. The first-order valence-corrected chi connectivity index (χ1v) is 11.0. The highest BCUT2D eigenvalue weighted by Crippen LogP contribution is 2.32. The van der Waals surface area contributed by atoms with Gasteiger partial charge in [-0.15, -0.1) is 0 Å². The Morgan fingerprint density at radius 2 is 1.91 bits per heavy atom. The third kappa shape index (κ3) is 3.32. The largest absolute Gasteiger partial charge is 0.456 e. The molecule has 2 aromatic heterocycles. The van der Waals surface area contributed by atoms with Gasteiger partial charge in [-0.25, -0.2) is 4.98 Å². The molecule has 5 heterocycles. The molecule has 3 aromatic rings. The summed E-state index contributed by atoms with van der Waals surface area (Å²) >= 11 is 6.55. The lowest BCUT2D eigenvalue weighted by atomic mass is 10.1. The van der Waals surface area contributed by atoms with Crippen LogP contribution in [0.2, 0.25) is 5.02 Å². The molecular weight excluding hydrogens is 434 g/mol. The zero-order valence-corrected chi connectivity index (χ0v) is 18.1. The lowest BCUT2D eigenvalue weighted by Gasteiger charge is -2.15. The van der Waals surface area contributed by atoms with Crippen molar-refractivity contribution < 1.29 is 19.3 Å². The zero-order chi connectivity index (χ0) is 21.8. The Hall–Kier alpha value is -2.72. The molecule has 0 amide bonds. The van der Waals surface area contributed by atoms with Crippen molar-refractivity contribution in [1.29, 1.82) is 0 Å². The van der Waals surface area contributed by atoms with Gasteiger partial charge in [0.05, 0.1) is 36.0 Å². The van der Waals surface area contributed by atoms with Gasteiger partial charge in [-0.1, -0.05) is 35.9 Å². The number of nitrogens with one attached hydrogen (secondary N) is 1. The van der Waals surface area contributed by atoms with Gasteiger partial charge < -0.3 is 29.2 Å². The van der Waals surface area contributed by atoms with E-state index in [2.05, 4.69) is 24.8 Å². The Kier molecular flexibility index (Phi) is 4.80. The standard InChI is InChI=1S/C22H22ClN5O4/c1-28-7-6-24-21(28)12-4-2-11(3-5-12)17-13(23)8-14-20(26-17)27-22(25-14)32-16-10-31-18-15(29)9-30-19(16)18/h2-5,8,15-16,18-19,29H,6-7,9-10H2,1H3,(H,25,26,27)/t15-,16-,18-,19?/m1/s1. The highest BCUT2D eigenvalue weighted by molar-refractivity contribution is 6.33. The van der Waals surface area contributed by atoms with Gasteiger partial charge in [0.15, 0.2) is 11.8 Å². The Morgan fingerprint density at radius 3 is 2.69 bits per heavy atom. The fourth-order valence-corrected chi connectivity index (χ4v) is 4.72. The number of aromatic amines is 1. The Morgan fingerprint density at radius 1 is 1.12 bits per heavy atom. The summed E-state index contributed by atoms with van der Waals surface area (Å²) in [6.07, 6.45) is -1.65. The summed E-state index contributed by atoms with van der Waals surface area (Å²) in [7, 11) is 2.04. The minimum atomic E-state index is -0.625. The van der Waals surface area contributed by atoms with Crippen LogP contribution in [0.4, 0.5) is 0 Å². The number of H-pyrrole nitrogens is 1. The van der Waals surface area contributed by atoms with Crippen molar-refractivity contribution in [3.63, 3.8) is 0 Å². The second kappa shape index (κ2) is 7.70. The molecule has 0 bridgehead atoms. The zero-order valence-electron chi connectivity index (χ0n) is 17.4. The number of aliphatic hydroxyl groups excluding tert-OH is 1. The van der Waals surface area contributed by atoms with Gasteiger partial charge in [0.2, 0.25) is 0 Å². The summed E-state index contributed by atoms with van der Waals surface area (Å²) in [6, 6.07) is 10.2. The Balaban J connectivity index is 1.25. The third-order valence-corrected chi connectivity index (χ3v) is 6.41. The summed E-state index contributed by atoms with van der Waals surface area (Å²) in [5.41, 5.74) is 3.80. The first-order valence-electron chi connectivity index (χ1n) is 10.6. The SMILES string of the molecule is CN1CCN=C1c1ccc(-c2nc3nc(O[C@@H]4CO[C@H]5C4OC[C@H]5O)[nH]c3cc2Cl)cc1. The van der Waals surface area contributed by atoms with Crippen LogP contribution >= 0.6 is 11.6 Å². The summed E-state index contributed by atoms with van der Waals surface area (Å²) in [4.78, 5) is 19.0. The van der Waals surface area contributed by atoms with Crippen LogP contribution in [0, 0.1) is 0 Å². The van der Waals surface area contributed by atoms with Crippen molar-refractivity contribution in [2.75, 3.05) is 33.4 Å². The second-order valence-electron chi connectivity index (χ2n) is 8.26. The number of aliphatic imine (C=N–C) groups is 1. The predicted molar refractivity (Wildman–Crippen MR) is 118 cm³/mol. The van der Waals surface area contributed by atoms with E-state index < -0.39 is 6.10 Å². The van der Waals surface area contributed by atoms with Gasteiger partial charge >= 0.3 is 0 Å². The number of likely N-dealkylation sites (N-methyl/N-ethyl adjacent to an activating group) is 1. The van der Waals surface area contributed by atoms with Crippen LogP contribution in [0.25, 0.3) is 22.4 Å². The van der Waals surface area contributed by atoms with Crippen LogP contribution < -0.4 is 4.74 Å². The van der Waals surface area contributed by atoms with E-state index in [1.165, 1.54) is 0 Å². The van der Waals surface area contributed by atoms with E-state index in [0.717, 1.165) is 30.1 Å². The average Bonchev–Trinajstić information content (AvgIpc) is 3.55. The Labute approximate surface area is 189 Å². The van der Waals surface area contributed by atoms with Crippen molar-refractivity contribution in [1.82, 2.24) is 19.9 Å². The van der Waals surface area contributed by atoms with Gasteiger partial charge in [-0.05, 0) is 6.07 Å². The van der Waals surface area contributed by atoms with Crippen LogP contribution in [0.15, 0.2) is 35.3 Å². The minimum absolute atomic E-state index is 0.248. The normalized spacial score (nSPS) is 27.2. The number of pyridine rings is 1. The number of nitrogens with zero attached hydrogens (tertiary/aromatic N) is 4. The van der Waals surface area contributed by atoms with Crippen LogP contribution in [-0.2, 0) is 9.47 Å². The molecule has 9 nitrogen and oxygen atoms in total. The topological polar surface area (TPSA) is 105 Å². The number of hydrogen-bond acceptors (Lipinski definition) is 8. The molecule has 32 heavy (non-hydrogen) atoms. The van der Waals surface area contributed by atoms with E-state index in [1.54, 1.807) is 6.07 Å². The van der Waals surface area contributed by atoms with Crippen molar-refractivity contribution in [3.05, 3.63) is 40.9 Å². The molecule has 2 N–H and O–H groups in total. The molecule has 1 unspecified atom stereocenters. The Bertz CT molecular complexity index is 1200. The molecular formula is C22H22ClN5O4. The van der Waals surface area contributed by atoms with Crippen LogP contribution in [0.5, 0.6) is 6.01 Å². The van der Waals surface area contributed by atoms with Crippen LogP contribution in [0.3, 0.4) is 0 Å². The number of amidine groups is 1. The van der Waals surface area contributed by atoms with Crippen LogP contribution in [-0.4, -0.2) is 88.6 Å². The average molecular weight is 456 g/mol. The van der Waals surface area contributed by atoms with Gasteiger partial charge in [0, 0.05) is 24.7 Å². The summed E-state index contributed by atoms with van der Waals surface area (Å²) in [6.45, 7) is 2.34. The molecule has 0 radical (unpaired) electrons. The van der Waals surface area contributed by atoms with Crippen molar-refractivity contribution in [3.8, 4) is 17.3 Å². The fourth-order valence-electron chi connectivity index (χ4n) is 4.46. The molecule has 0 saturated carbocycles. The van der Waals surface area contributed by atoms with Crippen molar-refractivity contribution >= 4 is 28.6 Å². The maximum Gasteiger partial charge on any atom is 0.296 e. The maximum atomic E-state index is 9.90. The van der Waals surface area contributed by atoms with E-state index in [-0.39, 0.29) is 24.9 Å². The summed E-state index contributed by atoms with van der Waals surface area (Å²) in [5.74, 6) is 0.997. The molecule has 2 fully saturated rings. The lowest BCUT2D eigenvalue weighted by molar-refractivity contribution is 0.00706. The molecule has 3 aliphatic rings. The quantitative estimate of drug-likeness (QED) is 0.618. The second-order valence-corrected chi connectivity index (χ2v) is 8.66. The number of ether oxygens (including phenoxy) is 3. The molecule has 0 spiro atoms. The predicted octanol–water partition coefficient (Wildman–Crippen LogP) is 1.88. The number of aliphatic hydroxyl groups is 1. The number of imidazole rings is 1. The monoisotopic (exact) mass is 455 g/mol. The molecule has 1 aromatic carbocycles. The molecule has 166 valence electrons. The summed E-state index contributed by atoms with van der Waals surface area (Å²) in [5, 5.41) is 10.4. The molecule has 6 rings (SSSR count). The van der Waals surface area contributed by atoms with E-state index in [4.69, 9.17) is 25.8 Å². The number of fused-ring (bicyclic) bond motifs is 2. The van der Waals surface area contributed by atoms with Crippen molar-refractivity contribution in [2.45, 2.75) is 24.4 Å². The van der Waals surface area contributed by atoms with Gasteiger partial charge in [-0.2, -0.15) is 4.98 Å². The number of aromatic nitrogens is 3. The van der Waals surface area contributed by atoms with Gasteiger partial charge in [0.25, 0.3) is 6.01 Å². The van der Waals surface area contributed by atoms with E-state index in [0.29, 0.717) is 34.5 Å². The lowest BCUT2D eigenvalue weighted by Crippen LogP contribution is -2.34. The first kappa shape index (κ1) is 19.9. The smallest absolute Gasteiger partial charge is 0.296 e. The number of hydrogen-bond donors (Lipinski definition) is 2. The molecule has 4 atom stereocenters. The molecule has 2 saturated heterocycles. The molecule has 10 heteroatoms. The molecule has 3 aliphatic heterocycles. The maximum absolute atomic E-state index is 9.90. The fraction of sp³-hybridized carbons (Fsp3) is 0.409. The first-order chi connectivity index (χ1) is 15.6. The third-order valence-electron chi connectivity index (χ3n) is 6.12. The van der Waals surface area contributed by atoms with E-state index in [9.17, 15) is 5.11 Å². The highest BCUT2D eigenvalue weighted by Gasteiger charge is 2.48. The number of halogens is 1. The van der Waals surface area contributed by atoms with Gasteiger partial charge in [-0.3, -0.25) is 4.99 Å². The van der Waals surface area contributed by atoms with Crippen LogP contribution in [0.1, 0.15) is 5.56 Å².